The Morgan fingerprint density at radius 2 is 2.05 bits per heavy atom. The first-order chi connectivity index (χ1) is 9.63. The van der Waals surface area contributed by atoms with Crippen LogP contribution in [0.25, 0.3) is 0 Å². The lowest BCUT2D eigenvalue weighted by Crippen LogP contribution is -1.99. The smallest absolute Gasteiger partial charge is 0.165 e. The van der Waals surface area contributed by atoms with Crippen molar-refractivity contribution in [2.75, 3.05) is 0 Å². The largest absolute Gasteiger partial charge is 0.486 e. The summed E-state index contributed by atoms with van der Waals surface area (Å²) in [4.78, 5) is 0. The second-order valence-electron chi connectivity index (χ2n) is 4.11. The summed E-state index contributed by atoms with van der Waals surface area (Å²) in [6, 6.07) is 11.7. The second kappa shape index (κ2) is 6.74. The Kier molecular flexibility index (Phi) is 4.99. The van der Waals surface area contributed by atoms with E-state index in [-0.39, 0.29) is 12.4 Å². The summed E-state index contributed by atoms with van der Waals surface area (Å²) in [5, 5.41) is 9.77. The van der Waals surface area contributed by atoms with E-state index in [0.29, 0.717) is 21.5 Å². The van der Waals surface area contributed by atoms with Crippen LogP contribution in [-0.2, 0) is 11.9 Å². The Hall–Kier alpha value is -1.57. The lowest BCUT2D eigenvalue weighted by molar-refractivity contribution is 0.290. The fraction of sp³-hybridized carbons (Fsp3) is 0.133. The monoisotopic (exact) mass is 353 g/mol. The topological polar surface area (TPSA) is 33.0 Å². The fourth-order valence-corrected chi connectivity index (χ4v) is 2.22. The van der Waals surface area contributed by atoms with Gasteiger partial charge in [0.25, 0.3) is 0 Å². The predicted octanol–water partition coefficient (Wildman–Crippen LogP) is 4.82. The number of halogens is 3. The third-order valence-electron chi connectivity index (χ3n) is 2.72. The molecule has 5 heteroatoms. The number of benzene rings is 2. The fourth-order valence-electron chi connectivity index (χ4n) is 1.63. The molecule has 0 unspecified atom stereocenters. The molecule has 2 rings (SSSR count). The standard InChI is InChI=1S/C15H10BrClFNO/c16-7-10-2-4-15(14(18)6-10)20-9-12-3-1-11(8-19)5-13(12)17/h1-6H,7,9H2. The van der Waals surface area contributed by atoms with Gasteiger partial charge in [-0.3, -0.25) is 0 Å². The molecule has 0 saturated heterocycles. The third-order valence-corrected chi connectivity index (χ3v) is 3.72. The van der Waals surface area contributed by atoms with Crippen LogP contribution in [0.1, 0.15) is 16.7 Å². The van der Waals surface area contributed by atoms with E-state index in [1.54, 1.807) is 30.3 Å². The molecular weight excluding hydrogens is 345 g/mol. The molecule has 0 N–H and O–H groups in total. The van der Waals surface area contributed by atoms with E-state index >= 15 is 0 Å². The number of ether oxygens (including phenoxy) is 1. The molecule has 0 saturated carbocycles. The Morgan fingerprint density at radius 3 is 2.65 bits per heavy atom. The first kappa shape index (κ1) is 14.8. The van der Waals surface area contributed by atoms with Gasteiger partial charge in [-0.25, -0.2) is 4.39 Å². The van der Waals surface area contributed by atoms with Crippen molar-refractivity contribution in [3.63, 3.8) is 0 Å². The molecule has 2 aromatic carbocycles. The van der Waals surface area contributed by atoms with Crippen LogP contribution in [0.2, 0.25) is 5.02 Å². The molecule has 0 aromatic heterocycles. The normalized spacial score (nSPS) is 10.1. The van der Waals surface area contributed by atoms with Gasteiger partial charge < -0.3 is 4.74 Å². The number of nitriles is 1. The van der Waals surface area contributed by atoms with Gasteiger partial charge in [-0.1, -0.05) is 39.7 Å². The molecule has 0 fully saturated rings. The maximum Gasteiger partial charge on any atom is 0.165 e. The number of rotatable bonds is 4. The van der Waals surface area contributed by atoms with Gasteiger partial charge in [0.15, 0.2) is 11.6 Å². The van der Waals surface area contributed by atoms with E-state index in [9.17, 15) is 4.39 Å². The molecule has 0 aliphatic rings. The molecule has 0 aliphatic heterocycles. The Labute approximate surface area is 129 Å². The van der Waals surface area contributed by atoms with Crippen molar-refractivity contribution in [2.24, 2.45) is 0 Å². The van der Waals surface area contributed by atoms with Gasteiger partial charge in [-0.15, -0.1) is 0 Å². The zero-order chi connectivity index (χ0) is 14.5. The summed E-state index contributed by atoms with van der Waals surface area (Å²) in [5.41, 5.74) is 2.02. The number of hydrogen-bond acceptors (Lipinski definition) is 2. The van der Waals surface area contributed by atoms with Crippen LogP contribution < -0.4 is 4.74 Å². The van der Waals surface area contributed by atoms with Crippen molar-refractivity contribution in [1.29, 1.82) is 5.26 Å². The Morgan fingerprint density at radius 1 is 1.25 bits per heavy atom. The molecule has 0 spiro atoms. The highest BCUT2D eigenvalue weighted by Gasteiger charge is 2.07. The average Bonchev–Trinajstić information content (AvgIpc) is 2.46. The molecule has 0 radical (unpaired) electrons. The quantitative estimate of drug-likeness (QED) is 0.737. The van der Waals surface area contributed by atoms with Crippen molar-refractivity contribution >= 4 is 27.5 Å². The minimum atomic E-state index is -0.410. The van der Waals surface area contributed by atoms with Crippen LogP contribution in [0.5, 0.6) is 5.75 Å². The molecule has 0 aliphatic carbocycles. The molecule has 20 heavy (non-hydrogen) atoms. The van der Waals surface area contributed by atoms with Gasteiger partial charge in [0, 0.05) is 15.9 Å². The van der Waals surface area contributed by atoms with Gasteiger partial charge in [-0.2, -0.15) is 5.26 Å². The van der Waals surface area contributed by atoms with Crippen LogP contribution >= 0.6 is 27.5 Å². The number of alkyl halides is 1. The minimum Gasteiger partial charge on any atom is -0.486 e. The molecule has 102 valence electrons. The van der Waals surface area contributed by atoms with E-state index in [1.165, 1.54) is 6.07 Å². The molecule has 0 heterocycles. The van der Waals surface area contributed by atoms with Gasteiger partial charge >= 0.3 is 0 Å². The molecule has 0 bridgehead atoms. The molecule has 2 nitrogen and oxygen atoms in total. The van der Waals surface area contributed by atoms with E-state index in [0.717, 1.165) is 5.56 Å². The van der Waals surface area contributed by atoms with Crippen molar-refractivity contribution in [2.45, 2.75) is 11.9 Å². The first-order valence-electron chi connectivity index (χ1n) is 5.79. The van der Waals surface area contributed by atoms with Crippen LogP contribution in [-0.4, -0.2) is 0 Å². The van der Waals surface area contributed by atoms with Crippen molar-refractivity contribution in [3.05, 3.63) is 63.9 Å². The number of hydrogen-bond donors (Lipinski definition) is 0. The van der Waals surface area contributed by atoms with Crippen LogP contribution in [0.3, 0.4) is 0 Å². The zero-order valence-electron chi connectivity index (χ0n) is 10.4. The van der Waals surface area contributed by atoms with E-state index < -0.39 is 5.82 Å². The second-order valence-corrected chi connectivity index (χ2v) is 5.07. The lowest BCUT2D eigenvalue weighted by Gasteiger charge is -2.09. The molecule has 0 atom stereocenters. The summed E-state index contributed by atoms with van der Waals surface area (Å²) < 4.78 is 19.2. The molecule has 2 aromatic rings. The first-order valence-corrected chi connectivity index (χ1v) is 7.29. The zero-order valence-corrected chi connectivity index (χ0v) is 12.7. The highest BCUT2D eigenvalue weighted by Crippen LogP contribution is 2.23. The van der Waals surface area contributed by atoms with Gasteiger partial charge in [0.2, 0.25) is 0 Å². The Balaban J connectivity index is 2.11. The minimum absolute atomic E-state index is 0.148. The van der Waals surface area contributed by atoms with Gasteiger partial charge in [-0.05, 0) is 29.8 Å². The summed E-state index contributed by atoms with van der Waals surface area (Å²) in [6.07, 6.45) is 0. The maximum atomic E-state index is 13.7. The predicted molar refractivity (Wildman–Crippen MR) is 79.5 cm³/mol. The van der Waals surface area contributed by atoms with Gasteiger partial charge in [0.05, 0.1) is 11.6 Å². The van der Waals surface area contributed by atoms with Crippen LogP contribution in [0.15, 0.2) is 36.4 Å². The highest BCUT2D eigenvalue weighted by atomic mass is 79.9. The highest BCUT2D eigenvalue weighted by molar-refractivity contribution is 9.08. The van der Waals surface area contributed by atoms with Crippen LogP contribution in [0, 0.1) is 17.1 Å². The maximum absolute atomic E-state index is 13.7. The average molecular weight is 355 g/mol. The number of nitrogens with zero attached hydrogens (tertiary/aromatic N) is 1. The Bertz CT molecular complexity index is 669. The van der Waals surface area contributed by atoms with Crippen molar-refractivity contribution in [1.82, 2.24) is 0 Å². The third kappa shape index (κ3) is 3.50. The van der Waals surface area contributed by atoms with Gasteiger partial charge in [0.1, 0.15) is 6.61 Å². The van der Waals surface area contributed by atoms with E-state index in [2.05, 4.69) is 15.9 Å². The van der Waals surface area contributed by atoms with E-state index in [1.807, 2.05) is 6.07 Å². The van der Waals surface area contributed by atoms with Crippen molar-refractivity contribution in [3.8, 4) is 11.8 Å². The van der Waals surface area contributed by atoms with Crippen molar-refractivity contribution < 1.29 is 9.13 Å². The molecule has 0 amide bonds. The summed E-state index contributed by atoms with van der Waals surface area (Å²) >= 11 is 9.29. The summed E-state index contributed by atoms with van der Waals surface area (Å²) in [7, 11) is 0. The van der Waals surface area contributed by atoms with Crippen LogP contribution in [0.4, 0.5) is 4.39 Å². The van der Waals surface area contributed by atoms with E-state index in [4.69, 9.17) is 21.6 Å². The summed E-state index contributed by atoms with van der Waals surface area (Å²) in [6.45, 7) is 0.148. The summed E-state index contributed by atoms with van der Waals surface area (Å²) in [5.74, 6) is -0.234. The molecular formula is C15H10BrClFNO. The lowest BCUT2D eigenvalue weighted by atomic mass is 10.1. The SMILES string of the molecule is N#Cc1ccc(COc2ccc(CBr)cc2F)c(Cl)c1.